The van der Waals surface area contributed by atoms with E-state index in [1.807, 2.05) is 6.07 Å². The van der Waals surface area contributed by atoms with Crippen LogP contribution in [-0.4, -0.2) is 45.3 Å². The molecule has 1 aliphatic heterocycles. The second kappa shape index (κ2) is 9.48. The predicted molar refractivity (Wildman–Crippen MR) is 108 cm³/mol. The van der Waals surface area contributed by atoms with E-state index in [-0.39, 0.29) is 24.4 Å². The lowest BCUT2D eigenvalue weighted by molar-refractivity contribution is -0.117. The van der Waals surface area contributed by atoms with E-state index in [1.165, 1.54) is 18.4 Å². The van der Waals surface area contributed by atoms with Crippen molar-refractivity contribution in [3.8, 4) is 11.5 Å². The third-order valence-corrected chi connectivity index (χ3v) is 5.26. The zero-order chi connectivity index (χ0) is 19.9. The van der Waals surface area contributed by atoms with E-state index in [4.69, 9.17) is 9.47 Å². The van der Waals surface area contributed by atoms with E-state index >= 15 is 0 Å². The molecule has 1 aromatic carbocycles. The molecule has 0 radical (unpaired) electrons. The largest absolute Gasteiger partial charge is 0.493 e. The van der Waals surface area contributed by atoms with Crippen LogP contribution in [0.15, 0.2) is 29.8 Å². The molecular formula is C21H29N3O4. The van der Waals surface area contributed by atoms with Crippen molar-refractivity contribution in [2.75, 3.05) is 32.2 Å². The number of carbonyl (C=O) groups excluding carboxylic acids is 2. The number of rotatable bonds is 7. The third-order valence-electron chi connectivity index (χ3n) is 5.26. The number of benzene rings is 1. The molecule has 1 aromatic rings. The second-order valence-corrected chi connectivity index (χ2v) is 7.20. The summed E-state index contributed by atoms with van der Waals surface area (Å²) in [4.78, 5) is 26.2. The van der Waals surface area contributed by atoms with E-state index < -0.39 is 0 Å². The molecule has 0 aromatic heterocycles. The number of anilines is 1. The average molecular weight is 387 g/mol. The molecule has 0 saturated carbocycles. The fourth-order valence-electron chi connectivity index (χ4n) is 3.75. The number of ether oxygens (including phenoxy) is 2. The first-order valence-electron chi connectivity index (χ1n) is 9.85. The summed E-state index contributed by atoms with van der Waals surface area (Å²) < 4.78 is 10.5. The fraction of sp³-hybridized carbons (Fsp3) is 0.524. The molecule has 1 atom stereocenters. The SMILES string of the molecule is COc1ccc(N2CC(NC(=O)NCCC3=CCCCC3)CC2=O)cc1OC. The highest BCUT2D eigenvalue weighted by Crippen LogP contribution is 2.33. The van der Waals surface area contributed by atoms with E-state index in [0.717, 1.165) is 24.9 Å². The van der Waals surface area contributed by atoms with Crippen molar-refractivity contribution in [1.29, 1.82) is 0 Å². The first-order chi connectivity index (χ1) is 13.6. The van der Waals surface area contributed by atoms with Crippen LogP contribution in [0.3, 0.4) is 0 Å². The van der Waals surface area contributed by atoms with Crippen molar-refractivity contribution in [2.45, 2.75) is 44.6 Å². The van der Waals surface area contributed by atoms with Gasteiger partial charge in [-0.15, -0.1) is 0 Å². The molecule has 3 rings (SSSR count). The smallest absolute Gasteiger partial charge is 0.315 e. The predicted octanol–water partition coefficient (Wildman–Crippen LogP) is 3.00. The van der Waals surface area contributed by atoms with Crippen LogP contribution in [0.5, 0.6) is 11.5 Å². The summed E-state index contributed by atoms with van der Waals surface area (Å²) in [6, 6.07) is 4.93. The number of hydrogen-bond acceptors (Lipinski definition) is 4. The summed E-state index contributed by atoms with van der Waals surface area (Å²) in [6.45, 7) is 1.06. The first kappa shape index (κ1) is 20.0. The van der Waals surface area contributed by atoms with Crippen molar-refractivity contribution >= 4 is 17.6 Å². The lowest BCUT2D eigenvalue weighted by Gasteiger charge is -2.19. The van der Waals surface area contributed by atoms with Crippen molar-refractivity contribution in [3.63, 3.8) is 0 Å². The maximum atomic E-state index is 12.4. The Balaban J connectivity index is 1.50. The van der Waals surface area contributed by atoms with Crippen LogP contribution < -0.4 is 25.0 Å². The molecule has 0 spiro atoms. The van der Waals surface area contributed by atoms with Gasteiger partial charge in [0.05, 0.1) is 20.3 Å². The number of methoxy groups -OCH3 is 2. The van der Waals surface area contributed by atoms with Crippen LogP contribution in [0.1, 0.15) is 38.5 Å². The minimum Gasteiger partial charge on any atom is -0.493 e. The van der Waals surface area contributed by atoms with Gasteiger partial charge in [0.2, 0.25) is 5.91 Å². The zero-order valence-electron chi connectivity index (χ0n) is 16.6. The molecule has 1 saturated heterocycles. The Morgan fingerprint density at radius 3 is 2.75 bits per heavy atom. The normalized spacial score (nSPS) is 19.2. The molecule has 2 aliphatic rings. The van der Waals surface area contributed by atoms with Gasteiger partial charge in [-0.05, 0) is 44.2 Å². The van der Waals surface area contributed by atoms with E-state index in [9.17, 15) is 9.59 Å². The van der Waals surface area contributed by atoms with Gasteiger partial charge in [0.15, 0.2) is 11.5 Å². The summed E-state index contributed by atoms with van der Waals surface area (Å²) in [5, 5.41) is 5.81. The molecule has 1 unspecified atom stereocenters. The Hall–Kier alpha value is -2.70. The Kier molecular flexibility index (Phi) is 6.79. The van der Waals surface area contributed by atoms with Gasteiger partial charge in [-0.3, -0.25) is 4.79 Å². The number of amides is 3. The van der Waals surface area contributed by atoms with Crippen LogP contribution in [0.2, 0.25) is 0 Å². The van der Waals surface area contributed by atoms with Crippen LogP contribution in [0.4, 0.5) is 10.5 Å². The summed E-state index contributed by atoms with van der Waals surface area (Å²) in [6.07, 6.45) is 8.28. The van der Waals surface area contributed by atoms with Crippen molar-refractivity contribution in [3.05, 3.63) is 29.8 Å². The number of allylic oxidation sites excluding steroid dienone is 1. The fourth-order valence-corrected chi connectivity index (χ4v) is 3.75. The Bertz CT molecular complexity index is 747. The van der Waals surface area contributed by atoms with Gasteiger partial charge in [-0.2, -0.15) is 0 Å². The van der Waals surface area contributed by atoms with Gasteiger partial charge in [-0.1, -0.05) is 11.6 Å². The van der Waals surface area contributed by atoms with Gasteiger partial charge in [0, 0.05) is 31.3 Å². The van der Waals surface area contributed by atoms with Crippen LogP contribution in [-0.2, 0) is 4.79 Å². The standard InChI is InChI=1S/C21H29N3O4/c1-27-18-9-8-17(13-19(18)28-2)24-14-16(12-20(24)25)23-21(26)22-11-10-15-6-4-3-5-7-15/h6,8-9,13,16H,3-5,7,10-12,14H2,1-2H3,(H2,22,23,26). The minimum absolute atomic E-state index is 0.0233. The molecule has 1 aliphatic carbocycles. The molecule has 7 heteroatoms. The van der Waals surface area contributed by atoms with Crippen LogP contribution in [0, 0.1) is 0 Å². The lowest BCUT2D eigenvalue weighted by atomic mass is 9.97. The molecule has 2 N–H and O–H groups in total. The summed E-state index contributed by atoms with van der Waals surface area (Å²) >= 11 is 0. The number of nitrogens with one attached hydrogen (secondary N) is 2. The number of urea groups is 1. The number of carbonyl (C=O) groups is 2. The maximum Gasteiger partial charge on any atom is 0.315 e. The van der Waals surface area contributed by atoms with E-state index in [0.29, 0.717) is 24.6 Å². The Morgan fingerprint density at radius 1 is 1.21 bits per heavy atom. The second-order valence-electron chi connectivity index (χ2n) is 7.20. The quantitative estimate of drug-likeness (QED) is 0.705. The minimum atomic E-state index is -0.219. The molecular weight excluding hydrogens is 358 g/mol. The molecule has 28 heavy (non-hydrogen) atoms. The average Bonchev–Trinajstić information content (AvgIpc) is 3.08. The highest BCUT2D eigenvalue weighted by molar-refractivity contribution is 5.97. The Labute approximate surface area is 166 Å². The molecule has 0 bridgehead atoms. The Morgan fingerprint density at radius 2 is 2.04 bits per heavy atom. The summed E-state index contributed by atoms with van der Waals surface area (Å²) in [5.74, 6) is 1.16. The highest BCUT2D eigenvalue weighted by atomic mass is 16.5. The third kappa shape index (κ3) is 4.97. The zero-order valence-corrected chi connectivity index (χ0v) is 16.6. The topological polar surface area (TPSA) is 79.9 Å². The first-order valence-corrected chi connectivity index (χ1v) is 9.85. The van der Waals surface area contributed by atoms with Crippen LogP contribution in [0.25, 0.3) is 0 Å². The molecule has 7 nitrogen and oxygen atoms in total. The number of nitrogens with zero attached hydrogens (tertiary/aromatic N) is 1. The molecule has 152 valence electrons. The summed E-state index contributed by atoms with van der Waals surface area (Å²) in [7, 11) is 3.13. The number of hydrogen-bond donors (Lipinski definition) is 2. The van der Waals surface area contributed by atoms with Gasteiger partial charge in [0.25, 0.3) is 0 Å². The van der Waals surface area contributed by atoms with Crippen LogP contribution >= 0.6 is 0 Å². The van der Waals surface area contributed by atoms with Gasteiger partial charge < -0.3 is 25.0 Å². The monoisotopic (exact) mass is 387 g/mol. The highest BCUT2D eigenvalue weighted by Gasteiger charge is 2.32. The van der Waals surface area contributed by atoms with Gasteiger partial charge in [0.1, 0.15) is 0 Å². The lowest BCUT2D eigenvalue weighted by Crippen LogP contribution is -2.43. The van der Waals surface area contributed by atoms with Gasteiger partial charge >= 0.3 is 6.03 Å². The molecule has 1 fully saturated rings. The van der Waals surface area contributed by atoms with Crippen molar-refractivity contribution in [1.82, 2.24) is 10.6 Å². The summed E-state index contributed by atoms with van der Waals surface area (Å²) in [5.41, 5.74) is 2.17. The van der Waals surface area contributed by atoms with Gasteiger partial charge in [-0.25, -0.2) is 4.79 Å². The van der Waals surface area contributed by atoms with E-state index in [1.54, 1.807) is 31.3 Å². The maximum absolute atomic E-state index is 12.4. The molecule has 1 heterocycles. The molecule has 3 amide bonds. The van der Waals surface area contributed by atoms with Crippen molar-refractivity contribution < 1.29 is 19.1 Å². The van der Waals surface area contributed by atoms with Crippen molar-refractivity contribution in [2.24, 2.45) is 0 Å². The van der Waals surface area contributed by atoms with E-state index in [2.05, 4.69) is 16.7 Å².